The van der Waals surface area contributed by atoms with E-state index in [-0.39, 0.29) is 29.5 Å². The number of halogens is 1. The maximum atomic E-state index is 12.8. The standard InChI is InChI=1S/C39H44ClN3O8S2/c1-43(25-8-10-26(11-9-25)51-39(38(47)48,34-6-3-18-52-34)35-7-4-19-53-35)16-5-17-50-33-21-32(49-2)24(20-29(33)40)22-41-23-31(45)27-12-14-30(44)37-28(27)13-15-36(46)42-37/h3-4,6-7,12-15,18-21,25-26,31,41,44-45H,5,8-11,16-17,22-23H2,1-2H3,(H,42,46)(H,47,48)/t25-,26-,31-/m0/s1. The fraction of sp³-hybridized carbons (Fsp3) is 0.385. The summed E-state index contributed by atoms with van der Waals surface area (Å²) in [6.07, 6.45) is 3.11. The van der Waals surface area contributed by atoms with Gasteiger partial charge in [0.1, 0.15) is 17.2 Å². The van der Waals surface area contributed by atoms with Gasteiger partial charge >= 0.3 is 5.97 Å². The summed E-state index contributed by atoms with van der Waals surface area (Å²) in [7, 11) is 3.69. The number of phenols is 1. The molecule has 11 nitrogen and oxygen atoms in total. The van der Waals surface area contributed by atoms with Crippen molar-refractivity contribution in [1.29, 1.82) is 0 Å². The molecule has 0 amide bonds. The van der Waals surface area contributed by atoms with Gasteiger partial charge in [-0.15, -0.1) is 22.7 Å². The van der Waals surface area contributed by atoms with Crippen molar-refractivity contribution < 1.29 is 34.3 Å². The van der Waals surface area contributed by atoms with Gasteiger partial charge in [0.25, 0.3) is 0 Å². The van der Waals surface area contributed by atoms with Crippen molar-refractivity contribution >= 4 is 51.1 Å². The third-order valence-electron chi connectivity index (χ3n) is 9.81. The van der Waals surface area contributed by atoms with Crippen LogP contribution in [0.25, 0.3) is 10.9 Å². The number of aliphatic hydroxyl groups excluding tert-OH is 1. The number of benzene rings is 2. The fourth-order valence-electron chi connectivity index (χ4n) is 7.01. The highest BCUT2D eigenvalue weighted by atomic mass is 35.5. The van der Waals surface area contributed by atoms with Gasteiger partial charge in [-0.1, -0.05) is 29.8 Å². The molecule has 14 heteroatoms. The number of aliphatic carboxylic acids is 1. The van der Waals surface area contributed by atoms with E-state index in [1.807, 2.05) is 35.0 Å². The Hall–Kier alpha value is -3.95. The Morgan fingerprint density at radius 1 is 1.06 bits per heavy atom. The lowest BCUT2D eigenvalue weighted by Crippen LogP contribution is -2.44. The number of aromatic amines is 1. The maximum Gasteiger partial charge on any atom is 0.347 e. The molecule has 0 aliphatic heterocycles. The lowest BCUT2D eigenvalue weighted by Gasteiger charge is -2.38. The van der Waals surface area contributed by atoms with Crippen LogP contribution in [0.2, 0.25) is 5.02 Å². The minimum absolute atomic E-state index is 0.0638. The van der Waals surface area contributed by atoms with Crippen LogP contribution in [0.5, 0.6) is 17.2 Å². The number of rotatable bonds is 17. The zero-order valence-corrected chi connectivity index (χ0v) is 31.9. The number of H-pyrrole nitrogens is 1. The number of hydrogen-bond acceptors (Lipinski definition) is 11. The molecule has 1 atom stereocenters. The summed E-state index contributed by atoms with van der Waals surface area (Å²) in [4.78, 5) is 30.8. The average Bonchev–Trinajstić information content (AvgIpc) is 3.90. The van der Waals surface area contributed by atoms with E-state index < -0.39 is 17.7 Å². The summed E-state index contributed by atoms with van der Waals surface area (Å²) >= 11 is 9.44. The van der Waals surface area contributed by atoms with Crippen LogP contribution in [0.4, 0.5) is 0 Å². The van der Waals surface area contributed by atoms with Crippen LogP contribution >= 0.6 is 34.3 Å². The van der Waals surface area contributed by atoms with Gasteiger partial charge in [-0.3, -0.25) is 4.79 Å². The van der Waals surface area contributed by atoms with Gasteiger partial charge in [0.2, 0.25) is 11.2 Å². The lowest BCUT2D eigenvalue weighted by molar-refractivity contribution is -0.170. The molecule has 3 aromatic heterocycles. The molecule has 0 saturated heterocycles. The first-order valence-electron chi connectivity index (χ1n) is 17.5. The number of aromatic hydroxyl groups is 1. The van der Waals surface area contributed by atoms with Crippen molar-refractivity contribution in [3.63, 3.8) is 0 Å². The van der Waals surface area contributed by atoms with Crippen LogP contribution < -0.4 is 20.3 Å². The third kappa shape index (κ3) is 8.73. The minimum atomic E-state index is -1.49. The van der Waals surface area contributed by atoms with Gasteiger partial charge in [0.15, 0.2) is 0 Å². The molecular weight excluding hydrogens is 738 g/mol. The number of aliphatic hydroxyl groups is 1. The highest BCUT2D eigenvalue weighted by Crippen LogP contribution is 2.42. The molecule has 2 aromatic carbocycles. The number of hydrogen-bond donors (Lipinski definition) is 5. The Kier molecular flexibility index (Phi) is 12.8. The molecule has 0 unspecified atom stereocenters. The first-order valence-corrected chi connectivity index (χ1v) is 19.7. The second kappa shape index (κ2) is 17.5. The molecule has 5 aromatic rings. The van der Waals surface area contributed by atoms with Gasteiger partial charge in [0, 0.05) is 48.8 Å². The number of nitrogens with one attached hydrogen (secondary N) is 2. The number of pyridine rings is 1. The van der Waals surface area contributed by atoms with E-state index in [1.54, 1.807) is 31.4 Å². The summed E-state index contributed by atoms with van der Waals surface area (Å²) in [5.74, 6) is 0.0736. The van der Waals surface area contributed by atoms with E-state index in [4.69, 9.17) is 25.8 Å². The molecule has 1 aliphatic rings. The van der Waals surface area contributed by atoms with Crippen LogP contribution in [-0.4, -0.2) is 77.2 Å². The number of nitrogens with zero attached hydrogens (tertiary/aromatic N) is 1. The van der Waals surface area contributed by atoms with Crippen molar-refractivity contribution in [3.8, 4) is 17.2 Å². The van der Waals surface area contributed by atoms with Gasteiger partial charge < -0.3 is 44.7 Å². The fourth-order valence-corrected chi connectivity index (χ4v) is 9.06. The van der Waals surface area contributed by atoms with E-state index in [2.05, 4.69) is 22.2 Å². The zero-order chi connectivity index (χ0) is 37.5. The van der Waals surface area contributed by atoms with Gasteiger partial charge in [0.05, 0.1) is 46.2 Å². The molecular formula is C39H44ClN3O8S2. The Labute approximate surface area is 320 Å². The Balaban J connectivity index is 0.965. The quantitative estimate of drug-likeness (QED) is 0.0630. The summed E-state index contributed by atoms with van der Waals surface area (Å²) in [5, 5.41) is 39.6. The zero-order valence-electron chi connectivity index (χ0n) is 29.5. The molecule has 5 N–H and O–H groups in total. The molecule has 0 spiro atoms. The van der Waals surface area contributed by atoms with Crippen molar-refractivity contribution in [2.24, 2.45) is 0 Å². The molecule has 1 fully saturated rings. The molecule has 6 rings (SSSR count). The second-order valence-electron chi connectivity index (χ2n) is 13.2. The number of ether oxygens (including phenoxy) is 3. The van der Waals surface area contributed by atoms with Gasteiger partial charge in [-0.05, 0) is 85.8 Å². The number of aromatic nitrogens is 1. The van der Waals surface area contributed by atoms with Crippen molar-refractivity contribution in [3.05, 3.63) is 108 Å². The predicted octanol–water partition coefficient (Wildman–Crippen LogP) is 6.90. The largest absolute Gasteiger partial charge is 0.506 e. The topological polar surface area (TPSA) is 154 Å². The van der Waals surface area contributed by atoms with E-state index in [0.717, 1.165) is 44.2 Å². The van der Waals surface area contributed by atoms with Crippen LogP contribution in [0.3, 0.4) is 0 Å². The first kappa shape index (κ1) is 38.8. The van der Waals surface area contributed by atoms with Crippen LogP contribution in [0.1, 0.15) is 59.1 Å². The van der Waals surface area contributed by atoms with Crippen molar-refractivity contribution in [2.75, 3.05) is 33.9 Å². The van der Waals surface area contributed by atoms with Crippen molar-refractivity contribution in [2.45, 2.75) is 62.5 Å². The van der Waals surface area contributed by atoms with Crippen LogP contribution in [-0.2, 0) is 21.7 Å². The summed E-state index contributed by atoms with van der Waals surface area (Å²) in [6, 6.07) is 17.4. The predicted molar refractivity (Wildman–Crippen MR) is 208 cm³/mol. The molecule has 0 radical (unpaired) electrons. The molecule has 0 bridgehead atoms. The van der Waals surface area contributed by atoms with Crippen LogP contribution in [0, 0.1) is 0 Å². The molecule has 3 heterocycles. The summed E-state index contributed by atoms with van der Waals surface area (Å²) < 4.78 is 18.3. The smallest absolute Gasteiger partial charge is 0.347 e. The van der Waals surface area contributed by atoms with E-state index in [1.165, 1.54) is 34.8 Å². The second-order valence-corrected chi connectivity index (χ2v) is 15.5. The highest BCUT2D eigenvalue weighted by Gasteiger charge is 2.48. The summed E-state index contributed by atoms with van der Waals surface area (Å²) in [5.41, 5.74) is -0.178. The Bertz CT molecular complexity index is 2000. The molecule has 1 aliphatic carbocycles. The first-order chi connectivity index (χ1) is 25.6. The number of methoxy groups -OCH3 is 1. The normalized spacial score (nSPS) is 16.9. The number of fused-ring (bicyclic) bond motifs is 1. The Morgan fingerprint density at radius 2 is 1.77 bits per heavy atom. The number of thiophene rings is 2. The SMILES string of the molecule is COc1cc(OCCCN(C)[C@H]2CC[C@H](OC(C(=O)O)(c3cccs3)c3cccs3)CC2)c(Cl)cc1CNC[C@H](O)c1ccc(O)c2[nH]c(=O)ccc12. The monoisotopic (exact) mass is 781 g/mol. The Morgan fingerprint density at radius 3 is 2.42 bits per heavy atom. The van der Waals surface area contributed by atoms with Gasteiger partial charge in [-0.25, -0.2) is 4.79 Å². The number of carboxylic acids is 1. The molecule has 53 heavy (non-hydrogen) atoms. The third-order valence-corrected chi connectivity index (χ3v) is 12.1. The minimum Gasteiger partial charge on any atom is -0.506 e. The maximum absolute atomic E-state index is 12.8. The van der Waals surface area contributed by atoms with E-state index in [9.17, 15) is 24.9 Å². The van der Waals surface area contributed by atoms with Crippen molar-refractivity contribution in [1.82, 2.24) is 15.2 Å². The molecule has 1 saturated carbocycles. The highest BCUT2D eigenvalue weighted by molar-refractivity contribution is 7.12. The summed E-state index contributed by atoms with van der Waals surface area (Å²) in [6.45, 7) is 1.85. The number of phenolic OH excluding ortho intramolecular Hbond substituents is 1. The van der Waals surface area contributed by atoms with E-state index >= 15 is 0 Å². The van der Waals surface area contributed by atoms with Gasteiger partial charge in [-0.2, -0.15) is 0 Å². The van der Waals surface area contributed by atoms with E-state index in [0.29, 0.717) is 56.4 Å². The van der Waals surface area contributed by atoms with Crippen LogP contribution in [0.15, 0.2) is 76.2 Å². The number of carboxylic acid groups (broad SMARTS) is 1. The number of carbonyl (C=O) groups is 1. The molecule has 282 valence electrons. The average molecular weight is 782 g/mol. The lowest BCUT2D eigenvalue weighted by atomic mass is 9.90.